The van der Waals surface area contributed by atoms with Crippen molar-refractivity contribution in [3.05, 3.63) is 113 Å². The van der Waals surface area contributed by atoms with E-state index >= 15 is 0 Å². The van der Waals surface area contributed by atoms with Gasteiger partial charge in [0.25, 0.3) is 10.0 Å². The van der Waals surface area contributed by atoms with Gasteiger partial charge in [0.1, 0.15) is 11.6 Å². The predicted octanol–water partition coefficient (Wildman–Crippen LogP) is 7.45. The summed E-state index contributed by atoms with van der Waals surface area (Å²) in [6.45, 7) is 1.87. The molecule has 0 unspecified atom stereocenters. The highest BCUT2D eigenvalue weighted by Gasteiger charge is 2.29. The third-order valence-corrected chi connectivity index (χ3v) is 7.68. The summed E-state index contributed by atoms with van der Waals surface area (Å²) < 4.78 is 57.3. The predicted molar refractivity (Wildman–Crippen MR) is 131 cm³/mol. The van der Waals surface area contributed by atoms with Gasteiger partial charge in [-0.05, 0) is 67.1 Å². The van der Waals surface area contributed by atoms with Gasteiger partial charge in [-0.25, -0.2) is 21.2 Å². The van der Waals surface area contributed by atoms with Crippen molar-refractivity contribution in [2.75, 3.05) is 0 Å². The highest BCUT2D eigenvalue weighted by atomic mass is 35.5. The largest absolute Gasteiger partial charge is 0.268 e. The molecule has 4 aromatic carbocycles. The van der Waals surface area contributed by atoms with Crippen LogP contribution in [0.3, 0.4) is 0 Å². The average molecular weight is 494 g/mol. The lowest BCUT2D eigenvalue weighted by molar-refractivity contribution is 0.589. The topological polar surface area (TPSA) is 39.1 Å². The summed E-state index contributed by atoms with van der Waals surface area (Å²) in [5, 5.41) is 0.884. The van der Waals surface area contributed by atoms with Crippen molar-refractivity contribution in [1.82, 2.24) is 3.97 Å². The van der Waals surface area contributed by atoms with E-state index < -0.39 is 21.7 Å². The van der Waals surface area contributed by atoms with Crippen molar-refractivity contribution >= 4 is 32.5 Å². The Kier molecular flexibility index (Phi) is 5.50. The lowest BCUT2D eigenvalue weighted by Gasteiger charge is -2.14. The molecular formula is C27H18ClF2NO2S. The van der Waals surface area contributed by atoms with Crippen LogP contribution >= 0.6 is 11.6 Å². The van der Waals surface area contributed by atoms with Crippen molar-refractivity contribution < 1.29 is 17.2 Å². The number of benzene rings is 4. The van der Waals surface area contributed by atoms with Crippen molar-refractivity contribution in [3.63, 3.8) is 0 Å². The van der Waals surface area contributed by atoms with Gasteiger partial charge >= 0.3 is 0 Å². The summed E-state index contributed by atoms with van der Waals surface area (Å²) in [6.07, 6.45) is 0. The molecule has 5 rings (SSSR count). The Morgan fingerprint density at radius 2 is 1.32 bits per heavy atom. The Balaban J connectivity index is 1.95. The summed E-state index contributed by atoms with van der Waals surface area (Å²) in [4.78, 5) is 0.0974. The van der Waals surface area contributed by atoms with Gasteiger partial charge in [-0.15, -0.1) is 0 Å². The molecule has 3 nitrogen and oxygen atoms in total. The molecule has 0 amide bonds. The normalized spacial score (nSPS) is 11.8. The van der Waals surface area contributed by atoms with E-state index in [1.54, 1.807) is 60.7 Å². The molecule has 0 saturated carbocycles. The van der Waals surface area contributed by atoms with Crippen molar-refractivity contribution in [2.24, 2.45) is 0 Å². The Bertz CT molecular complexity index is 1620. The molecule has 170 valence electrons. The number of halogens is 3. The molecule has 0 aliphatic carbocycles. The summed E-state index contributed by atoms with van der Waals surface area (Å²) >= 11 is 6.10. The summed E-state index contributed by atoms with van der Waals surface area (Å²) in [5.74, 6) is -0.942. The molecule has 0 N–H and O–H groups in total. The number of nitrogens with zero attached hydrogens (tertiary/aromatic N) is 1. The van der Waals surface area contributed by atoms with Crippen LogP contribution in [0, 0.1) is 18.6 Å². The molecule has 0 aliphatic heterocycles. The first kappa shape index (κ1) is 22.3. The summed E-state index contributed by atoms with van der Waals surface area (Å²) in [5.41, 5.74) is 3.17. The van der Waals surface area contributed by atoms with Gasteiger partial charge in [0, 0.05) is 21.5 Å². The van der Waals surface area contributed by atoms with Crippen LogP contribution in [-0.2, 0) is 10.0 Å². The number of hydrogen-bond acceptors (Lipinski definition) is 2. The third kappa shape index (κ3) is 3.79. The minimum absolute atomic E-state index is 0.0974. The van der Waals surface area contributed by atoms with Crippen LogP contribution in [0.5, 0.6) is 0 Å². The molecule has 0 saturated heterocycles. The molecule has 34 heavy (non-hydrogen) atoms. The van der Waals surface area contributed by atoms with Gasteiger partial charge in [-0.3, -0.25) is 0 Å². The van der Waals surface area contributed by atoms with Crippen LogP contribution in [0.25, 0.3) is 33.3 Å². The number of aryl methyl sites for hydroxylation is 1. The van der Waals surface area contributed by atoms with Crippen molar-refractivity contribution in [2.45, 2.75) is 11.8 Å². The van der Waals surface area contributed by atoms with E-state index in [2.05, 4.69) is 0 Å². The second-order valence-corrected chi connectivity index (χ2v) is 10.2. The molecule has 1 aromatic heterocycles. The van der Waals surface area contributed by atoms with Crippen LogP contribution in [0.15, 0.2) is 95.9 Å². The minimum atomic E-state index is -4.09. The van der Waals surface area contributed by atoms with Crippen LogP contribution in [0.2, 0.25) is 5.02 Å². The number of rotatable bonds is 4. The SMILES string of the molecule is Cc1ccc(S(=O)(=O)n2c(-c3ccc(Cl)cc3)c(-c3ccc(F)cc3)c3cc(F)ccc32)cc1. The molecular weight excluding hydrogens is 476 g/mol. The number of fused-ring (bicyclic) bond motifs is 1. The molecule has 0 aliphatic rings. The van der Waals surface area contributed by atoms with Crippen LogP contribution in [0.1, 0.15) is 5.56 Å². The van der Waals surface area contributed by atoms with E-state index in [0.29, 0.717) is 38.3 Å². The molecule has 0 radical (unpaired) electrons. The Labute approximate surface area is 200 Å². The molecule has 0 atom stereocenters. The van der Waals surface area contributed by atoms with E-state index in [-0.39, 0.29) is 4.90 Å². The maximum absolute atomic E-state index is 14.4. The molecule has 0 spiro atoms. The maximum atomic E-state index is 14.4. The van der Waals surface area contributed by atoms with Gasteiger partial charge in [0.2, 0.25) is 0 Å². The molecule has 1 heterocycles. The highest BCUT2D eigenvalue weighted by Crippen LogP contribution is 2.43. The first-order chi connectivity index (χ1) is 16.3. The molecule has 0 fully saturated rings. The fourth-order valence-corrected chi connectivity index (χ4v) is 5.75. The second-order valence-electron chi connectivity index (χ2n) is 7.98. The van der Waals surface area contributed by atoms with Crippen LogP contribution in [-0.4, -0.2) is 12.4 Å². The molecule has 7 heteroatoms. The maximum Gasteiger partial charge on any atom is 0.268 e. The van der Waals surface area contributed by atoms with Gasteiger partial charge in [-0.2, -0.15) is 0 Å². The zero-order valence-electron chi connectivity index (χ0n) is 18.0. The Hall–Kier alpha value is -3.48. The fraction of sp³-hybridized carbons (Fsp3) is 0.0370. The second kappa shape index (κ2) is 8.38. The number of aromatic nitrogens is 1. The lowest BCUT2D eigenvalue weighted by Crippen LogP contribution is -2.14. The van der Waals surface area contributed by atoms with Crippen molar-refractivity contribution in [1.29, 1.82) is 0 Å². The summed E-state index contributed by atoms with van der Waals surface area (Å²) in [6, 6.07) is 22.9. The molecule has 5 aromatic rings. The quantitative estimate of drug-likeness (QED) is 0.261. The van der Waals surface area contributed by atoms with Gasteiger partial charge in [0.05, 0.1) is 16.1 Å². The first-order valence-electron chi connectivity index (χ1n) is 10.4. The van der Waals surface area contributed by atoms with E-state index in [1.807, 2.05) is 6.92 Å². The van der Waals surface area contributed by atoms with Crippen molar-refractivity contribution in [3.8, 4) is 22.4 Å². The Morgan fingerprint density at radius 1 is 0.735 bits per heavy atom. The standard InChI is InChI=1S/C27H18ClF2NO2S/c1-17-2-13-23(14-3-17)34(32,33)31-25-15-12-22(30)16-24(25)26(18-6-10-21(29)11-7-18)27(31)19-4-8-20(28)9-5-19/h2-16H,1H3. The monoisotopic (exact) mass is 493 g/mol. The lowest BCUT2D eigenvalue weighted by atomic mass is 9.98. The minimum Gasteiger partial charge on any atom is -0.233 e. The summed E-state index contributed by atoms with van der Waals surface area (Å²) in [7, 11) is -4.09. The highest BCUT2D eigenvalue weighted by molar-refractivity contribution is 7.90. The van der Waals surface area contributed by atoms with Crippen LogP contribution < -0.4 is 0 Å². The first-order valence-corrected chi connectivity index (χ1v) is 12.3. The van der Waals surface area contributed by atoms with E-state index in [1.165, 1.54) is 34.3 Å². The smallest absolute Gasteiger partial charge is 0.233 e. The van der Waals surface area contributed by atoms with Gasteiger partial charge in [0.15, 0.2) is 0 Å². The molecule has 0 bridgehead atoms. The third-order valence-electron chi connectivity index (χ3n) is 5.70. The Morgan fingerprint density at radius 3 is 1.97 bits per heavy atom. The van der Waals surface area contributed by atoms with E-state index in [9.17, 15) is 17.2 Å². The van der Waals surface area contributed by atoms with Gasteiger partial charge < -0.3 is 0 Å². The number of hydrogen-bond donors (Lipinski definition) is 0. The van der Waals surface area contributed by atoms with E-state index in [4.69, 9.17) is 11.6 Å². The van der Waals surface area contributed by atoms with Crippen LogP contribution in [0.4, 0.5) is 8.78 Å². The van der Waals surface area contributed by atoms with Gasteiger partial charge in [-0.1, -0.05) is 53.6 Å². The zero-order chi connectivity index (χ0) is 24.0. The average Bonchev–Trinajstić information content (AvgIpc) is 3.15. The fourth-order valence-electron chi connectivity index (χ4n) is 4.08. The van der Waals surface area contributed by atoms with E-state index in [0.717, 1.165) is 5.56 Å². The zero-order valence-corrected chi connectivity index (χ0v) is 19.5.